The third-order valence-electron chi connectivity index (χ3n) is 3.19. The third-order valence-corrected chi connectivity index (χ3v) is 4.69. The number of hydrogen-bond donors (Lipinski definition) is 0. The maximum absolute atomic E-state index is 11.1. The smallest absolute Gasteiger partial charge is 0.743 e. The molecule has 0 bridgehead atoms. The fourth-order valence-corrected chi connectivity index (χ4v) is 3.20. The van der Waals surface area contributed by atoms with Crippen LogP contribution in [0.4, 0.5) is 0 Å². The van der Waals surface area contributed by atoms with Crippen molar-refractivity contribution in [1.82, 2.24) is 19.9 Å². The molecule has 0 saturated heterocycles. The van der Waals surface area contributed by atoms with Crippen molar-refractivity contribution in [3.63, 3.8) is 0 Å². The van der Waals surface area contributed by atoms with E-state index in [4.69, 9.17) is 0 Å². The van der Waals surface area contributed by atoms with Crippen LogP contribution in [0.3, 0.4) is 0 Å². The Labute approximate surface area is 232 Å². The van der Waals surface area contributed by atoms with Crippen LogP contribution in [0.1, 0.15) is 0 Å². The molecule has 30 heavy (non-hydrogen) atoms. The van der Waals surface area contributed by atoms with Gasteiger partial charge in [0.05, 0.1) is 0 Å². The molecule has 14 nitrogen and oxygen atoms in total. The maximum atomic E-state index is 11.1. The first kappa shape index (κ1) is 27.4. The molecule has 4 heterocycles. The summed E-state index contributed by atoms with van der Waals surface area (Å²) in [4.78, 5) is 56.5. The van der Waals surface area contributed by atoms with Gasteiger partial charge in [-0.3, -0.25) is 19.2 Å². The van der Waals surface area contributed by atoms with Gasteiger partial charge in [0.25, 0.3) is 11.1 Å². The Balaban J connectivity index is 0.000000281. The van der Waals surface area contributed by atoms with E-state index in [9.17, 15) is 45.1 Å². The van der Waals surface area contributed by atoms with Crippen molar-refractivity contribution in [2.45, 2.75) is 10.1 Å². The first-order chi connectivity index (χ1) is 12.8. The van der Waals surface area contributed by atoms with Gasteiger partial charge in [-0.1, -0.05) is 0 Å². The van der Waals surface area contributed by atoms with Gasteiger partial charge in [-0.05, 0) is 0 Å². The van der Waals surface area contributed by atoms with Crippen molar-refractivity contribution in [1.29, 1.82) is 0 Å². The Morgan fingerprint density at radius 1 is 0.633 bits per heavy atom. The van der Waals surface area contributed by atoms with Gasteiger partial charge in [0.15, 0.2) is 10.1 Å². The number of fused-ring (bicyclic) bond motifs is 2. The molecular formula is C12H2CaN4O10S2Sr+2. The Bertz CT molecular complexity index is 1430. The molecule has 4 aliphatic rings. The van der Waals surface area contributed by atoms with Crippen molar-refractivity contribution in [3.8, 4) is 22.8 Å². The average Bonchev–Trinajstić information content (AvgIpc) is 3.23. The normalized spacial score (nSPS) is 11.5. The van der Waals surface area contributed by atoms with E-state index < -0.39 is 52.3 Å². The fourth-order valence-electron chi connectivity index (χ4n) is 2.14. The number of hydrogen-bond acceptors (Lipinski definition) is 14. The molecule has 18 heteroatoms. The zero-order chi connectivity index (χ0) is 21.0. The molecule has 0 unspecified atom stereocenters. The Kier molecular flexibility index (Phi) is 8.68. The molecule has 0 aromatic rings. The third kappa shape index (κ3) is 5.41. The SMILES string of the molecule is O=c1cc2nc(S(=O)(=O)[O-])c(=O)c-2n1.O=c1cc2nc(S(=O)(=O)[O-])c(=O)c-2n1.[Ca+2].[Sr+2]. The molecule has 0 fully saturated rings. The van der Waals surface area contributed by atoms with E-state index in [1.165, 1.54) is 0 Å². The van der Waals surface area contributed by atoms with Gasteiger partial charge in [-0.15, -0.1) is 0 Å². The quantitative estimate of drug-likeness (QED) is 0.168. The standard InChI is InChI=1S/2C6H2N2O5S.Ca.Sr/c2*9-3-1-2-4(8-3)5(10)6(7-2)14(11,12)13;;/h2*1H,(H,11,12,13);;/q;;2*+2/p-2. The van der Waals surface area contributed by atoms with Gasteiger partial charge in [0.1, 0.15) is 43.0 Å². The molecule has 144 valence electrons. The minimum atomic E-state index is -4.89. The van der Waals surface area contributed by atoms with Gasteiger partial charge in [0.2, 0.25) is 10.9 Å². The summed E-state index contributed by atoms with van der Waals surface area (Å²) in [5.41, 5.74) is -4.66. The van der Waals surface area contributed by atoms with Gasteiger partial charge >= 0.3 is 83.2 Å². The predicted molar refractivity (Wildman–Crippen MR) is 94.6 cm³/mol. The second-order valence-corrected chi connectivity index (χ2v) is 7.65. The van der Waals surface area contributed by atoms with Crippen molar-refractivity contribution in [2.24, 2.45) is 0 Å². The summed E-state index contributed by atoms with van der Waals surface area (Å²) in [6.07, 6.45) is 0. The number of nitrogens with zero attached hydrogens (tertiary/aromatic N) is 4. The van der Waals surface area contributed by atoms with Crippen molar-refractivity contribution in [2.75, 3.05) is 0 Å². The zero-order valence-corrected chi connectivity index (χ0v) is 21.6. The molecule has 0 radical (unpaired) electrons. The van der Waals surface area contributed by atoms with E-state index in [0.717, 1.165) is 12.1 Å². The first-order valence-corrected chi connectivity index (χ1v) is 9.48. The summed E-state index contributed by atoms with van der Waals surface area (Å²) in [6, 6.07) is 1.79. The summed E-state index contributed by atoms with van der Waals surface area (Å²) in [6.45, 7) is 0. The molecule has 4 rings (SSSR count). The van der Waals surface area contributed by atoms with Crippen molar-refractivity contribution >= 4 is 103 Å². The summed E-state index contributed by atoms with van der Waals surface area (Å²) in [5.74, 6) is 0. The molecule has 0 aliphatic carbocycles. The van der Waals surface area contributed by atoms with Crippen molar-refractivity contribution < 1.29 is 25.9 Å². The van der Waals surface area contributed by atoms with Gasteiger partial charge in [0, 0.05) is 12.1 Å². The molecule has 4 aliphatic heterocycles. The van der Waals surface area contributed by atoms with Crippen LogP contribution in [0.5, 0.6) is 0 Å². The zero-order valence-electron chi connectivity index (χ0n) is 14.3. The second kappa shape index (κ2) is 9.49. The molecule has 0 aromatic carbocycles. The minimum absolute atomic E-state index is 0. The van der Waals surface area contributed by atoms with Crippen LogP contribution in [-0.4, -0.2) is 129 Å². The summed E-state index contributed by atoms with van der Waals surface area (Å²) >= 11 is 0. The Morgan fingerprint density at radius 2 is 0.933 bits per heavy atom. The summed E-state index contributed by atoms with van der Waals surface area (Å²) in [7, 11) is -9.79. The van der Waals surface area contributed by atoms with E-state index in [2.05, 4.69) is 19.9 Å². The van der Waals surface area contributed by atoms with E-state index in [1.54, 1.807) is 0 Å². The van der Waals surface area contributed by atoms with Crippen LogP contribution in [0.2, 0.25) is 0 Å². The molecule has 0 N–H and O–H groups in total. The van der Waals surface area contributed by atoms with Gasteiger partial charge < -0.3 is 9.11 Å². The Morgan fingerprint density at radius 3 is 1.17 bits per heavy atom. The van der Waals surface area contributed by atoms with E-state index >= 15 is 0 Å². The van der Waals surface area contributed by atoms with Gasteiger partial charge in [-0.25, -0.2) is 36.8 Å². The van der Waals surface area contributed by atoms with Crippen LogP contribution < -0.4 is 22.0 Å². The fraction of sp³-hybridized carbons (Fsp3) is 0. The maximum Gasteiger partial charge on any atom is 2.00 e. The van der Waals surface area contributed by atoms with E-state index in [-0.39, 0.29) is 106 Å². The van der Waals surface area contributed by atoms with E-state index in [1.807, 2.05) is 0 Å². The number of rotatable bonds is 2. The van der Waals surface area contributed by atoms with E-state index in [0.29, 0.717) is 0 Å². The second-order valence-electron chi connectivity index (χ2n) is 5.06. The van der Waals surface area contributed by atoms with Crippen LogP contribution in [0, 0.1) is 0 Å². The molecule has 0 spiro atoms. The molecule has 0 saturated carbocycles. The molecule has 0 aromatic heterocycles. The largest absolute Gasteiger partial charge is 2.00 e. The number of aromatic nitrogens is 4. The monoisotopic (exact) mass is 554 g/mol. The van der Waals surface area contributed by atoms with Gasteiger partial charge in [-0.2, -0.15) is 0 Å². The van der Waals surface area contributed by atoms with Crippen LogP contribution in [0.25, 0.3) is 22.8 Å². The molecule has 0 amide bonds. The predicted octanol–water partition coefficient (Wildman–Crippen LogP) is -4.60. The van der Waals surface area contributed by atoms with Crippen LogP contribution >= 0.6 is 0 Å². The minimum Gasteiger partial charge on any atom is -0.743 e. The van der Waals surface area contributed by atoms with Crippen LogP contribution in [-0.2, 0) is 20.2 Å². The summed E-state index contributed by atoms with van der Waals surface area (Å²) < 4.78 is 62.9. The van der Waals surface area contributed by atoms with Crippen LogP contribution in [0.15, 0.2) is 41.4 Å². The first-order valence-electron chi connectivity index (χ1n) is 6.67. The average molecular weight is 554 g/mol. The topological polar surface area (TPSA) is 234 Å². The molecular weight excluding hydrogens is 552 g/mol. The van der Waals surface area contributed by atoms with Crippen molar-refractivity contribution in [3.05, 3.63) is 53.3 Å². The molecule has 0 atom stereocenters. The summed E-state index contributed by atoms with van der Waals surface area (Å²) in [5, 5.41) is -2.20. The Hall–Kier alpha value is -0.600.